The molecule has 0 amide bonds. The molecule has 1 N–H and O–H groups in total. The molecule has 1 nitrogen and oxygen atoms in total. The molecule has 0 aliphatic heterocycles. The Hall–Kier alpha value is -0.490. The first kappa shape index (κ1) is 10.6. The number of hydrogen-bond donors (Lipinski definition) is 1. The third-order valence-electron chi connectivity index (χ3n) is 1.39. The predicted octanol–water partition coefficient (Wildman–Crippen LogP) is 2.84. The second kappa shape index (κ2) is 5.29. The standard InChI is InChI=1S/C10H8BrClO/c11-10-5-4-9(12)7-8(10)3-1-2-6-13/h4-5,7,13H,2,6H2. The van der Waals surface area contributed by atoms with Crippen molar-refractivity contribution in [2.75, 3.05) is 6.61 Å². The highest BCUT2D eigenvalue weighted by Gasteiger charge is 1.96. The van der Waals surface area contributed by atoms with Gasteiger partial charge in [0, 0.05) is 21.5 Å². The topological polar surface area (TPSA) is 20.2 Å². The van der Waals surface area contributed by atoms with Crippen molar-refractivity contribution < 1.29 is 5.11 Å². The fourth-order valence-electron chi connectivity index (χ4n) is 0.807. The van der Waals surface area contributed by atoms with Crippen LogP contribution in [0.1, 0.15) is 12.0 Å². The minimum absolute atomic E-state index is 0.0885. The molecule has 0 aliphatic rings. The molecule has 0 fully saturated rings. The maximum absolute atomic E-state index is 8.53. The lowest BCUT2D eigenvalue weighted by Crippen LogP contribution is -1.79. The summed E-state index contributed by atoms with van der Waals surface area (Å²) in [6, 6.07) is 5.43. The molecule has 13 heavy (non-hydrogen) atoms. The Morgan fingerprint density at radius 3 is 2.92 bits per heavy atom. The largest absolute Gasteiger partial charge is 0.395 e. The van der Waals surface area contributed by atoms with E-state index >= 15 is 0 Å². The Labute approximate surface area is 90.9 Å². The maximum atomic E-state index is 8.53. The number of benzene rings is 1. The zero-order chi connectivity index (χ0) is 9.68. The van der Waals surface area contributed by atoms with Crippen LogP contribution in [0, 0.1) is 11.8 Å². The third kappa shape index (κ3) is 3.40. The molecule has 1 aromatic carbocycles. The van der Waals surface area contributed by atoms with Gasteiger partial charge in [0.1, 0.15) is 0 Å². The lowest BCUT2D eigenvalue weighted by Gasteiger charge is -1.95. The van der Waals surface area contributed by atoms with E-state index in [1.54, 1.807) is 12.1 Å². The highest BCUT2D eigenvalue weighted by atomic mass is 79.9. The van der Waals surface area contributed by atoms with E-state index in [9.17, 15) is 0 Å². The molecule has 0 bridgehead atoms. The predicted molar refractivity (Wildman–Crippen MR) is 57.7 cm³/mol. The minimum atomic E-state index is 0.0885. The lowest BCUT2D eigenvalue weighted by atomic mass is 10.2. The smallest absolute Gasteiger partial charge is 0.0540 e. The van der Waals surface area contributed by atoms with Crippen molar-refractivity contribution in [2.45, 2.75) is 6.42 Å². The molecule has 0 aromatic heterocycles. The molecular weight excluding hydrogens is 251 g/mol. The fraction of sp³-hybridized carbons (Fsp3) is 0.200. The van der Waals surface area contributed by atoms with Crippen molar-refractivity contribution in [3.8, 4) is 11.8 Å². The molecular formula is C10H8BrClO. The Kier molecular flexibility index (Phi) is 4.31. The average Bonchev–Trinajstić information content (AvgIpc) is 2.11. The Bertz CT molecular complexity index is 352. The summed E-state index contributed by atoms with van der Waals surface area (Å²) in [6.07, 6.45) is 0.485. The Morgan fingerprint density at radius 1 is 1.46 bits per heavy atom. The summed E-state index contributed by atoms with van der Waals surface area (Å²) < 4.78 is 0.919. The quantitative estimate of drug-likeness (QED) is 0.769. The molecule has 0 saturated heterocycles. The molecule has 3 heteroatoms. The van der Waals surface area contributed by atoms with Gasteiger partial charge in [-0.1, -0.05) is 23.4 Å². The second-order valence-electron chi connectivity index (χ2n) is 2.40. The van der Waals surface area contributed by atoms with Gasteiger partial charge in [-0.05, 0) is 34.1 Å². The maximum Gasteiger partial charge on any atom is 0.0540 e. The van der Waals surface area contributed by atoms with E-state index in [0.717, 1.165) is 10.0 Å². The van der Waals surface area contributed by atoms with Crippen LogP contribution in [-0.4, -0.2) is 11.7 Å². The molecule has 0 atom stereocenters. The first-order valence-electron chi connectivity index (χ1n) is 3.79. The zero-order valence-electron chi connectivity index (χ0n) is 6.85. The van der Waals surface area contributed by atoms with Gasteiger partial charge in [-0.15, -0.1) is 0 Å². The summed E-state index contributed by atoms with van der Waals surface area (Å²) in [5.41, 5.74) is 0.848. The van der Waals surface area contributed by atoms with Crippen LogP contribution in [0.4, 0.5) is 0 Å². The summed E-state index contributed by atoms with van der Waals surface area (Å²) in [4.78, 5) is 0. The average molecular weight is 260 g/mol. The highest BCUT2D eigenvalue weighted by Crippen LogP contribution is 2.19. The summed E-state index contributed by atoms with van der Waals surface area (Å²) in [5.74, 6) is 5.74. The molecule has 68 valence electrons. The van der Waals surface area contributed by atoms with Crippen LogP contribution in [0.2, 0.25) is 5.02 Å². The SMILES string of the molecule is OCCC#Cc1cc(Cl)ccc1Br. The van der Waals surface area contributed by atoms with E-state index in [1.165, 1.54) is 0 Å². The van der Waals surface area contributed by atoms with Crippen molar-refractivity contribution in [3.63, 3.8) is 0 Å². The van der Waals surface area contributed by atoms with Gasteiger partial charge < -0.3 is 5.11 Å². The van der Waals surface area contributed by atoms with Gasteiger partial charge >= 0.3 is 0 Å². The number of halogens is 2. The van der Waals surface area contributed by atoms with Gasteiger partial charge in [0.25, 0.3) is 0 Å². The van der Waals surface area contributed by atoms with Crippen LogP contribution in [0.25, 0.3) is 0 Å². The van der Waals surface area contributed by atoms with Crippen molar-refractivity contribution in [2.24, 2.45) is 0 Å². The highest BCUT2D eigenvalue weighted by molar-refractivity contribution is 9.10. The van der Waals surface area contributed by atoms with Gasteiger partial charge in [-0.3, -0.25) is 0 Å². The molecule has 0 spiro atoms. The van der Waals surface area contributed by atoms with Crippen molar-refractivity contribution in [1.29, 1.82) is 0 Å². The van der Waals surface area contributed by atoms with Gasteiger partial charge in [-0.2, -0.15) is 0 Å². The summed E-state index contributed by atoms with van der Waals surface area (Å²) in [7, 11) is 0. The van der Waals surface area contributed by atoms with Crippen LogP contribution in [0.5, 0.6) is 0 Å². The molecule has 0 saturated carbocycles. The van der Waals surface area contributed by atoms with E-state index in [0.29, 0.717) is 11.4 Å². The summed E-state index contributed by atoms with van der Waals surface area (Å²) >= 11 is 9.15. The molecule has 0 aliphatic carbocycles. The Balaban J connectivity index is 2.89. The van der Waals surface area contributed by atoms with Crippen molar-refractivity contribution in [3.05, 3.63) is 33.3 Å². The zero-order valence-corrected chi connectivity index (χ0v) is 9.19. The molecule has 1 aromatic rings. The van der Waals surface area contributed by atoms with E-state index in [-0.39, 0.29) is 6.61 Å². The molecule has 1 rings (SSSR count). The van der Waals surface area contributed by atoms with E-state index in [1.807, 2.05) is 6.07 Å². The first-order valence-corrected chi connectivity index (χ1v) is 4.96. The van der Waals surface area contributed by atoms with Crippen LogP contribution >= 0.6 is 27.5 Å². The van der Waals surface area contributed by atoms with Gasteiger partial charge in [-0.25, -0.2) is 0 Å². The lowest BCUT2D eigenvalue weighted by molar-refractivity contribution is 0.305. The number of rotatable bonds is 1. The van der Waals surface area contributed by atoms with E-state index in [4.69, 9.17) is 16.7 Å². The molecule has 0 heterocycles. The monoisotopic (exact) mass is 258 g/mol. The minimum Gasteiger partial charge on any atom is -0.395 e. The molecule has 0 radical (unpaired) electrons. The normalized spacial score (nSPS) is 9.15. The number of hydrogen-bond acceptors (Lipinski definition) is 1. The van der Waals surface area contributed by atoms with Crippen LogP contribution in [0.3, 0.4) is 0 Å². The van der Waals surface area contributed by atoms with E-state index < -0.39 is 0 Å². The Morgan fingerprint density at radius 2 is 2.23 bits per heavy atom. The first-order chi connectivity index (χ1) is 6.24. The number of aliphatic hydroxyl groups is 1. The van der Waals surface area contributed by atoms with E-state index in [2.05, 4.69) is 27.8 Å². The summed E-state index contributed by atoms with van der Waals surface area (Å²) in [5, 5.41) is 9.19. The molecule has 0 unspecified atom stereocenters. The van der Waals surface area contributed by atoms with Gasteiger partial charge in [0.05, 0.1) is 6.61 Å². The van der Waals surface area contributed by atoms with Crippen molar-refractivity contribution >= 4 is 27.5 Å². The van der Waals surface area contributed by atoms with Gasteiger partial charge in [0.15, 0.2) is 0 Å². The van der Waals surface area contributed by atoms with Crippen molar-refractivity contribution in [1.82, 2.24) is 0 Å². The third-order valence-corrected chi connectivity index (χ3v) is 2.31. The second-order valence-corrected chi connectivity index (χ2v) is 3.69. The van der Waals surface area contributed by atoms with Gasteiger partial charge in [0.2, 0.25) is 0 Å². The number of aliphatic hydroxyl groups excluding tert-OH is 1. The van der Waals surface area contributed by atoms with Crippen LogP contribution in [-0.2, 0) is 0 Å². The van der Waals surface area contributed by atoms with Crippen LogP contribution < -0.4 is 0 Å². The van der Waals surface area contributed by atoms with Crippen LogP contribution in [0.15, 0.2) is 22.7 Å². The fourth-order valence-corrected chi connectivity index (χ4v) is 1.32. The summed E-state index contributed by atoms with van der Waals surface area (Å²) in [6.45, 7) is 0.0885.